The van der Waals surface area contributed by atoms with Crippen LogP contribution >= 0.6 is 65.3 Å². The molecule has 4 fully saturated rings. The normalized spacial score (nSPS) is 21.7. The van der Waals surface area contributed by atoms with Gasteiger partial charge in [0.15, 0.2) is 41.7 Å². The number of aromatic hydroxyl groups is 2. The quantitative estimate of drug-likeness (QED) is 0.0116. The van der Waals surface area contributed by atoms with E-state index in [0.717, 1.165) is 4.88 Å². The SMILES string of the molecule is CC(C)C[C@H](NC(=O)c1cc(-c2cccs2)c[n+]([O-])c1)C(=O)N[C@@]1(C)C(=O)CO[C@@H]1C.CC(C)C[C@H](NC(=O)c1ccc([N+](C)(C)[O-])cc1)C(=O)N[C@@]1(C)C(=O)CO[C@@H]1C.C[C@H]1OCC(=O)[C@]1(C)NC(=O)[C@H](Cc1ccc(O)cc1)NC(=O)C1=Cc2ccccc2S1(=O)=O.C[C@H]1OCC(=O)[C@]1(C)NC(=O)[C@H](Cc1ccc(O)cc1)NC(=O)c1ccc2c(ccc[n+]2[O-])c1.S.S.S.S. The van der Waals surface area contributed by atoms with E-state index >= 15 is 0 Å². The van der Waals surface area contributed by atoms with Gasteiger partial charge in [-0.05, 0) is 181 Å². The molecular weight excluding hydrogens is 1820 g/mol. The zero-order valence-corrected chi connectivity index (χ0v) is 80.9. The van der Waals surface area contributed by atoms with Gasteiger partial charge in [0.2, 0.25) is 39.0 Å². The van der Waals surface area contributed by atoms with E-state index in [1.807, 2.05) is 45.2 Å². The number of sulfone groups is 1. The van der Waals surface area contributed by atoms with E-state index in [2.05, 4.69) is 42.5 Å². The highest BCUT2D eigenvalue weighted by Crippen LogP contribution is 2.34. The Morgan fingerprint density at radius 1 is 0.492 bits per heavy atom. The minimum Gasteiger partial charge on any atom is -0.628 e. The number of nitrogens with one attached hydrogen (secondary N) is 8. The van der Waals surface area contributed by atoms with Crippen molar-refractivity contribution >= 4 is 168 Å². The summed E-state index contributed by atoms with van der Waals surface area (Å²) >= 11 is 1.46. The van der Waals surface area contributed by atoms with Crippen LogP contribution in [0.3, 0.4) is 0 Å². The molecule has 34 nitrogen and oxygen atoms in total. The Bertz CT molecular complexity index is 5690. The van der Waals surface area contributed by atoms with Gasteiger partial charge in [-0.15, -0.1) is 11.3 Å². The first kappa shape index (κ1) is 110. The number of rotatable bonds is 26. The fourth-order valence-electron chi connectivity index (χ4n) is 14.5. The Balaban J connectivity index is 0.000000269. The predicted octanol–water partition coefficient (Wildman–Crippen LogP) is 6.76. The molecule has 40 heteroatoms. The fraction of sp³-hybridized carbons (Fsp3) is 0.391. The number of nitrogens with zero attached hydrogens (tertiary/aromatic N) is 3. The standard InChI is InChI=1S/C25H25N3O6.C24H24N2O7S.C22H27N3O5S.C21H31N3O5.4H2S/c1-15-25(2,22(30)14-34-15)27-24(32)20(12-16-5-8-19(29)9-6-16)26-23(31)18-7-10-21-17(13-18)4-3-11-28(21)33;1-14-24(2,21(28)13-33-14)26-22(29)18(11-15-7-9-17(27)10-8-15)25-23(30)20-12-16-5-3-4-6-19(16)34(20,31)32;1-13(2)8-17(21(28)24-22(4)14(3)30-12-19(22)26)23-20(27)16-9-15(10-25(29)11-16)18-6-5-7-31-18;1-13(2)11-17(20(27)23-21(4)14(3)29-12-18(21)25)22-19(26)15-7-9-16(10-8-15)24(5,6)28;;;;/h3-11,13,15,20,29H,12,14H2,1-2H3,(H,26,31)(H,27,32);3-10,12,14,18,27H,11,13H2,1-2H3,(H,25,30)(H,26,29);5-7,9-11,13-14,17H,8,12H2,1-4H3,(H,23,27)(H,24,28);7-10,13-14,17H,11-12H2,1-6H3,(H,22,26)(H,23,27);4*1H2/t15-,20+,25-;14-,18+,24-;14-,17+,22-;14-,17+,21-;;;;/m1111..../s1. The lowest BCUT2D eigenvalue weighted by molar-refractivity contribution is -0.604. The third-order valence-electron chi connectivity index (χ3n) is 23.3. The number of hydrogen-bond donors (Lipinski definition) is 10. The number of ketones is 4. The number of hydrogen-bond acceptors (Lipinski definition) is 24. The van der Waals surface area contributed by atoms with Gasteiger partial charge in [-0.25, -0.2) is 8.42 Å². The van der Waals surface area contributed by atoms with E-state index < -0.39 is 137 Å². The van der Waals surface area contributed by atoms with Crippen LogP contribution in [0.4, 0.5) is 5.69 Å². The summed E-state index contributed by atoms with van der Waals surface area (Å²) in [6.07, 6.45) is 4.11. The van der Waals surface area contributed by atoms with Gasteiger partial charge in [0.1, 0.15) is 100 Å². The Kier molecular flexibility index (Phi) is 38.2. The molecule has 0 spiro atoms. The van der Waals surface area contributed by atoms with E-state index in [1.165, 1.54) is 86.5 Å². The Morgan fingerprint density at radius 2 is 0.886 bits per heavy atom. The lowest BCUT2D eigenvalue weighted by Gasteiger charge is -2.33. The molecule has 8 amide bonds. The topological polar surface area (TPSA) is 490 Å². The van der Waals surface area contributed by atoms with Gasteiger partial charge in [-0.1, -0.05) is 76.2 Å². The lowest BCUT2D eigenvalue weighted by Crippen LogP contribution is -2.60. The zero-order valence-electron chi connectivity index (χ0n) is 75.3. The summed E-state index contributed by atoms with van der Waals surface area (Å²) in [7, 11) is -1.05. The Morgan fingerprint density at radius 3 is 1.28 bits per heavy atom. The highest BCUT2D eigenvalue weighted by molar-refractivity contribution is 7.96. The third kappa shape index (κ3) is 26.4. The summed E-state index contributed by atoms with van der Waals surface area (Å²) in [5.41, 5.74) is -0.714. The molecule has 0 saturated carbocycles. The number of phenolic OH excluding ortho intramolecular Hbond substituents is 2. The Hall–Kier alpha value is -11.2. The number of carbonyl (C=O) groups is 12. The zero-order chi connectivity index (χ0) is 93.9. The van der Waals surface area contributed by atoms with Crippen LogP contribution in [0.25, 0.3) is 27.4 Å². The number of aromatic nitrogens is 2. The molecule has 0 aliphatic carbocycles. The van der Waals surface area contributed by atoms with Crippen LogP contribution in [-0.2, 0) is 84.8 Å². The van der Waals surface area contributed by atoms with E-state index in [4.69, 9.17) is 18.9 Å². The highest BCUT2D eigenvalue weighted by Gasteiger charge is 2.51. The van der Waals surface area contributed by atoms with Crippen LogP contribution < -0.4 is 56.6 Å². The summed E-state index contributed by atoms with van der Waals surface area (Å²) in [6.45, 7) is 20.7. The van der Waals surface area contributed by atoms with Crippen molar-refractivity contribution in [3.05, 3.63) is 223 Å². The molecule has 5 aliphatic rings. The number of amides is 8. The number of phenols is 2. The number of thiophene rings is 1. The Labute approximate surface area is 796 Å². The summed E-state index contributed by atoms with van der Waals surface area (Å²) < 4.78 is 47.9. The second kappa shape index (κ2) is 46.0. The van der Waals surface area contributed by atoms with Crippen LogP contribution in [0.2, 0.25) is 0 Å². The third-order valence-corrected chi connectivity index (χ3v) is 26.1. The number of fused-ring (bicyclic) bond motifs is 2. The monoisotopic (exact) mass is 1930 g/mol. The van der Waals surface area contributed by atoms with Crippen LogP contribution in [0.1, 0.15) is 144 Å². The number of Topliss-reactive ketones (excluding diaryl/α,β-unsaturated/α-hetero) is 4. The molecule has 132 heavy (non-hydrogen) atoms. The van der Waals surface area contributed by atoms with Gasteiger partial charge in [-0.2, -0.15) is 63.4 Å². The van der Waals surface area contributed by atoms with Crippen molar-refractivity contribution < 1.29 is 105 Å². The molecule has 712 valence electrons. The first-order valence-electron chi connectivity index (χ1n) is 41.4. The van der Waals surface area contributed by atoms with Crippen LogP contribution in [-0.4, -0.2) is 200 Å². The van der Waals surface area contributed by atoms with E-state index in [0.29, 0.717) is 66.7 Å². The van der Waals surface area contributed by atoms with E-state index in [-0.39, 0.29) is 156 Å². The van der Waals surface area contributed by atoms with Crippen molar-refractivity contribution in [2.24, 2.45) is 11.8 Å². The van der Waals surface area contributed by atoms with Gasteiger partial charge in [0, 0.05) is 58.5 Å². The molecule has 3 aromatic heterocycles. The van der Waals surface area contributed by atoms with Crippen molar-refractivity contribution in [3.63, 3.8) is 0 Å². The maximum Gasteiger partial charge on any atom is 0.263 e. The molecule has 5 aromatic carbocycles. The number of carbonyl (C=O) groups excluding carboxylic acids is 12. The lowest BCUT2D eigenvalue weighted by atomic mass is 9.92. The van der Waals surface area contributed by atoms with Gasteiger partial charge in [0.05, 0.1) is 49.0 Å². The number of quaternary nitrogens is 1. The molecular formula is C92H115N11O23S6. The summed E-state index contributed by atoms with van der Waals surface area (Å²) in [4.78, 5) is 154. The summed E-state index contributed by atoms with van der Waals surface area (Å²) in [5.74, 6) is -5.05. The molecule has 13 rings (SSSR count). The van der Waals surface area contributed by atoms with E-state index in [9.17, 15) is 91.8 Å². The molecule has 8 heterocycles. The second-order valence-electron chi connectivity index (χ2n) is 34.1. The van der Waals surface area contributed by atoms with E-state index in [1.54, 1.807) is 152 Å². The number of pyridine rings is 2. The molecule has 0 bridgehead atoms. The van der Waals surface area contributed by atoms with Crippen molar-refractivity contribution in [1.29, 1.82) is 0 Å². The minimum absolute atomic E-state index is 0. The number of hydroxylamine groups is 2. The molecule has 0 unspecified atom stereocenters. The second-order valence-corrected chi connectivity index (χ2v) is 36.9. The molecule has 5 aliphatic heterocycles. The maximum absolute atomic E-state index is 13.3. The largest absolute Gasteiger partial charge is 0.628 e. The van der Waals surface area contributed by atoms with Gasteiger partial charge in [-0.3, -0.25) is 57.5 Å². The maximum atomic E-state index is 13.3. The summed E-state index contributed by atoms with van der Waals surface area (Å²) in [5, 5.41) is 79.2. The molecule has 8 aromatic rings. The average Bonchev–Trinajstić information content (AvgIpc) is 1.60. The molecule has 0 radical (unpaired) electrons. The molecule has 4 saturated heterocycles. The first-order chi connectivity index (χ1) is 60.1. The highest BCUT2D eigenvalue weighted by atomic mass is 32.2. The van der Waals surface area contributed by atoms with Crippen molar-refractivity contribution in [3.8, 4) is 21.9 Å². The first-order valence-corrected chi connectivity index (χ1v) is 43.8. The van der Waals surface area contributed by atoms with Crippen molar-refractivity contribution in [2.75, 3.05) is 40.5 Å². The van der Waals surface area contributed by atoms with Crippen LogP contribution in [0.15, 0.2) is 179 Å². The number of benzene rings is 5. The van der Waals surface area contributed by atoms with Crippen molar-refractivity contribution in [1.82, 2.24) is 47.2 Å². The predicted molar refractivity (Wildman–Crippen MR) is 514 cm³/mol. The van der Waals surface area contributed by atoms with Crippen LogP contribution in [0, 0.1) is 27.5 Å². The summed E-state index contributed by atoms with van der Waals surface area (Å²) in [6, 6.07) is 34.3. The van der Waals surface area contributed by atoms with Gasteiger partial charge in [0.25, 0.3) is 23.6 Å². The molecule has 10 N–H and O–H groups in total. The minimum atomic E-state index is -4.04. The molecule has 12 atom stereocenters. The average molecular weight is 1940 g/mol. The van der Waals surface area contributed by atoms with Gasteiger partial charge < -0.3 is 92.0 Å². The fourth-order valence-corrected chi connectivity index (χ4v) is 16.7. The van der Waals surface area contributed by atoms with Crippen molar-refractivity contribution in [2.45, 2.75) is 184 Å². The van der Waals surface area contributed by atoms with Crippen LogP contribution in [0.5, 0.6) is 11.5 Å². The number of ether oxygens (including phenoxy) is 4. The smallest absolute Gasteiger partial charge is 0.263 e. The van der Waals surface area contributed by atoms with Gasteiger partial charge >= 0.3 is 0 Å².